The Labute approximate surface area is 193 Å². The van der Waals surface area contributed by atoms with Gasteiger partial charge in [0.25, 0.3) is 0 Å². The van der Waals surface area contributed by atoms with E-state index >= 15 is 0 Å². The molecule has 164 valence electrons. The van der Waals surface area contributed by atoms with Crippen LogP contribution in [0.15, 0.2) is 46.9 Å². The molecule has 0 N–H and O–H groups in total. The number of hydrogen-bond donors (Lipinski definition) is 0. The number of halogens is 1. The molecular formula is C26H31BrN2O2. The Morgan fingerprint density at radius 3 is 2.61 bits per heavy atom. The van der Waals surface area contributed by atoms with Gasteiger partial charge < -0.3 is 14.5 Å². The number of likely N-dealkylation sites (tertiary alicyclic amines) is 1. The topological polar surface area (TPSA) is 32.8 Å². The van der Waals surface area contributed by atoms with E-state index in [1.165, 1.54) is 49.0 Å². The number of hydrogen-bond acceptors (Lipinski definition) is 3. The highest BCUT2D eigenvalue weighted by Gasteiger charge is 2.40. The molecule has 5 heteroatoms. The molecule has 2 saturated heterocycles. The normalized spacial score (nSPS) is 23.5. The Kier molecular flexibility index (Phi) is 6.33. The summed E-state index contributed by atoms with van der Waals surface area (Å²) in [6.45, 7) is 5.13. The van der Waals surface area contributed by atoms with Crippen molar-refractivity contribution in [3.05, 3.63) is 63.6 Å². The van der Waals surface area contributed by atoms with Gasteiger partial charge in [0.15, 0.2) is 0 Å². The van der Waals surface area contributed by atoms with Crippen LogP contribution in [-0.2, 0) is 4.79 Å². The first-order valence-corrected chi connectivity index (χ1v) is 12.5. The molecule has 2 aromatic carbocycles. The van der Waals surface area contributed by atoms with E-state index < -0.39 is 0 Å². The van der Waals surface area contributed by atoms with Crippen molar-refractivity contribution < 1.29 is 9.53 Å². The number of fused-ring (bicyclic) bond motifs is 3. The van der Waals surface area contributed by atoms with Gasteiger partial charge >= 0.3 is 0 Å². The van der Waals surface area contributed by atoms with Gasteiger partial charge in [-0.1, -0.05) is 40.5 Å². The number of ether oxygens (including phenoxy) is 1. The minimum Gasteiger partial charge on any atom is -0.494 e. The molecular weight excluding hydrogens is 452 g/mol. The van der Waals surface area contributed by atoms with Gasteiger partial charge in [0.2, 0.25) is 5.91 Å². The van der Waals surface area contributed by atoms with Crippen LogP contribution in [0.3, 0.4) is 0 Å². The summed E-state index contributed by atoms with van der Waals surface area (Å²) in [7, 11) is 0. The number of benzene rings is 2. The predicted octanol–water partition coefficient (Wildman–Crippen LogP) is 5.51. The maximum Gasteiger partial charge on any atom is 0.223 e. The first kappa shape index (κ1) is 21.0. The summed E-state index contributed by atoms with van der Waals surface area (Å²) in [5.41, 5.74) is 3.88. The minimum absolute atomic E-state index is 0.193. The van der Waals surface area contributed by atoms with Crippen molar-refractivity contribution in [3.63, 3.8) is 0 Å². The second-order valence-electron chi connectivity index (χ2n) is 9.10. The molecule has 0 spiro atoms. The zero-order valence-corrected chi connectivity index (χ0v) is 19.6. The van der Waals surface area contributed by atoms with Gasteiger partial charge in [0.05, 0.1) is 12.6 Å². The van der Waals surface area contributed by atoms with E-state index in [9.17, 15) is 4.79 Å². The minimum atomic E-state index is 0.193. The fraction of sp³-hybridized carbons (Fsp3) is 0.500. The summed E-state index contributed by atoms with van der Waals surface area (Å²) in [4.78, 5) is 17.2. The Bertz CT molecular complexity index is 924. The van der Waals surface area contributed by atoms with E-state index in [0.717, 1.165) is 42.8 Å². The molecule has 2 aromatic rings. The standard InChI is InChI=1S/C26H31BrN2O2/c27-20-7-5-19(6-8-20)24-18-29-25(11-12-26(29)30)22-10-9-21(17-23(22)24)31-16-4-15-28-13-2-1-3-14-28/h5-10,17,24-25H,1-4,11-16,18H2/t24-,25+/m1/s1. The van der Waals surface area contributed by atoms with Crippen LogP contribution in [0.2, 0.25) is 0 Å². The van der Waals surface area contributed by atoms with E-state index in [2.05, 4.69) is 68.2 Å². The van der Waals surface area contributed by atoms with Gasteiger partial charge in [-0.3, -0.25) is 4.79 Å². The SMILES string of the molecule is O=C1CC[C@H]2c3ccc(OCCCN4CCCCC4)cc3[C@@H](c3ccc(Br)cc3)CN12. The smallest absolute Gasteiger partial charge is 0.223 e. The Morgan fingerprint density at radius 2 is 1.81 bits per heavy atom. The van der Waals surface area contributed by atoms with E-state index in [4.69, 9.17) is 4.74 Å². The van der Waals surface area contributed by atoms with Crippen LogP contribution in [0.4, 0.5) is 0 Å². The van der Waals surface area contributed by atoms with Crippen LogP contribution < -0.4 is 4.74 Å². The molecule has 0 saturated carbocycles. The van der Waals surface area contributed by atoms with Crippen molar-refractivity contribution in [3.8, 4) is 5.75 Å². The average molecular weight is 483 g/mol. The van der Waals surface area contributed by atoms with Crippen molar-refractivity contribution in [2.24, 2.45) is 0 Å². The van der Waals surface area contributed by atoms with E-state index in [1.54, 1.807) is 0 Å². The van der Waals surface area contributed by atoms with Gasteiger partial charge in [-0.15, -0.1) is 0 Å². The number of amides is 1. The quantitative estimate of drug-likeness (QED) is 0.508. The Hall–Kier alpha value is -1.85. The first-order chi connectivity index (χ1) is 15.2. The highest BCUT2D eigenvalue weighted by molar-refractivity contribution is 9.10. The number of nitrogens with zero attached hydrogens (tertiary/aromatic N) is 2. The van der Waals surface area contributed by atoms with Gasteiger partial charge in [0, 0.05) is 29.9 Å². The molecule has 2 fully saturated rings. The van der Waals surface area contributed by atoms with Crippen LogP contribution in [0.25, 0.3) is 0 Å². The zero-order valence-electron chi connectivity index (χ0n) is 18.1. The lowest BCUT2D eigenvalue weighted by Gasteiger charge is -2.38. The van der Waals surface area contributed by atoms with Crippen molar-refractivity contribution in [2.45, 2.75) is 50.5 Å². The fourth-order valence-electron chi connectivity index (χ4n) is 5.47. The Morgan fingerprint density at radius 1 is 1.00 bits per heavy atom. The fourth-order valence-corrected chi connectivity index (χ4v) is 5.73. The van der Waals surface area contributed by atoms with Crippen molar-refractivity contribution in [2.75, 3.05) is 32.8 Å². The summed E-state index contributed by atoms with van der Waals surface area (Å²) in [6.07, 6.45) is 6.71. The van der Waals surface area contributed by atoms with Crippen LogP contribution in [0.1, 0.15) is 67.2 Å². The molecule has 1 amide bonds. The second-order valence-corrected chi connectivity index (χ2v) is 10.0. The lowest BCUT2D eigenvalue weighted by atomic mass is 9.81. The molecule has 3 aliphatic heterocycles. The van der Waals surface area contributed by atoms with E-state index in [0.29, 0.717) is 6.42 Å². The van der Waals surface area contributed by atoms with Crippen molar-refractivity contribution in [1.29, 1.82) is 0 Å². The predicted molar refractivity (Wildman–Crippen MR) is 127 cm³/mol. The molecule has 0 bridgehead atoms. The average Bonchev–Trinajstić information content (AvgIpc) is 3.18. The molecule has 0 aliphatic carbocycles. The highest BCUT2D eigenvalue weighted by atomic mass is 79.9. The molecule has 3 heterocycles. The number of piperidine rings is 1. The van der Waals surface area contributed by atoms with Crippen molar-refractivity contribution >= 4 is 21.8 Å². The van der Waals surface area contributed by atoms with Crippen LogP contribution in [0, 0.1) is 0 Å². The maximum absolute atomic E-state index is 12.5. The van der Waals surface area contributed by atoms with Gasteiger partial charge in [0.1, 0.15) is 5.75 Å². The molecule has 31 heavy (non-hydrogen) atoms. The third-order valence-corrected chi connectivity index (χ3v) is 7.64. The van der Waals surface area contributed by atoms with Crippen LogP contribution >= 0.6 is 15.9 Å². The van der Waals surface area contributed by atoms with Crippen molar-refractivity contribution in [1.82, 2.24) is 9.80 Å². The molecule has 0 unspecified atom stereocenters. The number of rotatable bonds is 6. The van der Waals surface area contributed by atoms with E-state index in [1.807, 2.05) is 0 Å². The van der Waals surface area contributed by atoms with Crippen LogP contribution in [0.5, 0.6) is 5.75 Å². The summed E-state index contributed by atoms with van der Waals surface area (Å²) in [5.74, 6) is 1.44. The molecule has 0 radical (unpaired) electrons. The second kappa shape index (κ2) is 9.33. The van der Waals surface area contributed by atoms with Crippen LogP contribution in [-0.4, -0.2) is 48.5 Å². The largest absolute Gasteiger partial charge is 0.494 e. The molecule has 0 aromatic heterocycles. The van der Waals surface area contributed by atoms with Gasteiger partial charge in [-0.05, 0) is 79.7 Å². The van der Waals surface area contributed by atoms with Gasteiger partial charge in [-0.25, -0.2) is 0 Å². The maximum atomic E-state index is 12.5. The zero-order chi connectivity index (χ0) is 21.2. The summed E-state index contributed by atoms with van der Waals surface area (Å²) in [5, 5.41) is 0. The summed E-state index contributed by atoms with van der Waals surface area (Å²) in [6, 6.07) is 15.3. The summed E-state index contributed by atoms with van der Waals surface area (Å²) < 4.78 is 7.26. The third-order valence-electron chi connectivity index (χ3n) is 7.11. The highest BCUT2D eigenvalue weighted by Crippen LogP contribution is 2.45. The Balaban J connectivity index is 1.33. The third kappa shape index (κ3) is 4.54. The van der Waals surface area contributed by atoms with E-state index in [-0.39, 0.29) is 17.9 Å². The lowest BCUT2D eigenvalue weighted by Crippen LogP contribution is -2.37. The molecule has 3 aliphatic rings. The summed E-state index contributed by atoms with van der Waals surface area (Å²) >= 11 is 3.54. The monoisotopic (exact) mass is 482 g/mol. The number of carbonyl (C=O) groups excluding carboxylic acids is 1. The molecule has 5 rings (SSSR count). The first-order valence-electron chi connectivity index (χ1n) is 11.7. The molecule has 4 nitrogen and oxygen atoms in total. The van der Waals surface area contributed by atoms with Gasteiger partial charge in [-0.2, -0.15) is 0 Å². The number of carbonyl (C=O) groups is 1. The lowest BCUT2D eigenvalue weighted by molar-refractivity contribution is -0.129. The molecule has 2 atom stereocenters.